The van der Waals surface area contributed by atoms with E-state index in [4.69, 9.17) is 4.74 Å². The highest BCUT2D eigenvalue weighted by Crippen LogP contribution is 2.54. The zero-order valence-corrected chi connectivity index (χ0v) is 13.9. The van der Waals surface area contributed by atoms with E-state index >= 15 is 0 Å². The Morgan fingerprint density at radius 1 is 1.22 bits per heavy atom. The average Bonchev–Trinajstić information content (AvgIpc) is 2.52. The molecule has 0 aliphatic heterocycles. The molecule has 0 unspecified atom stereocenters. The Morgan fingerprint density at radius 2 is 1.87 bits per heavy atom. The van der Waals surface area contributed by atoms with Crippen LogP contribution in [0.15, 0.2) is 24.3 Å². The van der Waals surface area contributed by atoms with Crippen LogP contribution in [0, 0.1) is 17.8 Å². The maximum Gasteiger partial charge on any atom is 0.279 e. The molecule has 0 saturated heterocycles. The molecule has 124 valence electrons. The Bertz CT molecular complexity index is 564. The molecule has 4 fully saturated rings. The van der Waals surface area contributed by atoms with Gasteiger partial charge in [-0.05, 0) is 49.1 Å². The second-order valence-corrected chi connectivity index (χ2v) is 7.97. The molecule has 4 aliphatic rings. The zero-order valence-electron chi connectivity index (χ0n) is 13.9. The molecule has 23 heavy (non-hydrogen) atoms. The van der Waals surface area contributed by atoms with Gasteiger partial charge in [-0.1, -0.05) is 6.07 Å². The molecule has 0 aromatic heterocycles. The third kappa shape index (κ3) is 3.09. The lowest BCUT2D eigenvalue weighted by Gasteiger charge is -2.54. The van der Waals surface area contributed by atoms with E-state index in [-0.39, 0.29) is 5.91 Å². The van der Waals surface area contributed by atoms with Crippen molar-refractivity contribution in [2.75, 3.05) is 19.0 Å². The van der Waals surface area contributed by atoms with Crippen LogP contribution in [0.5, 0.6) is 5.75 Å². The van der Waals surface area contributed by atoms with Gasteiger partial charge < -0.3 is 15.4 Å². The van der Waals surface area contributed by atoms with Crippen LogP contribution in [-0.2, 0) is 4.79 Å². The molecule has 3 N–H and O–H groups in total. The molecule has 1 aromatic carbocycles. The van der Waals surface area contributed by atoms with E-state index < -0.39 is 0 Å². The quantitative estimate of drug-likeness (QED) is 0.875. The predicted octanol–water partition coefficient (Wildman–Crippen LogP) is 2.17. The highest BCUT2D eigenvalue weighted by atomic mass is 16.5. The zero-order chi connectivity index (χ0) is 15.9. The lowest BCUT2D eigenvalue weighted by Crippen LogP contribution is -3.00. The number of hydrogen-bond donors (Lipinski definition) is 2. The van der Waals surface area contributed by atoms with Crippen LogP contribution in [0.25, 0.3) is 0 Å². The van der Waals surface area contributed by atoms with Crippen molar-refractivity contribution in [3.63, 3.8) is 0 Å². The van der Waals surface area contributed by atoms with Gasteiger partial charge in [0, 0.05) is 31.0 Å². The van der Waals surface area contributed by atoms with Crippen LogP contribution in [0.2, 0.25) is 0 Å². The van der Waals surface area contributed by atoms with Crippen molar-refractivity contribution in [2.24, 2.45) is 17.8 Å². The minimum atomic E-state index is 0.0917. The van der Waals surface area contributed by atoms with Gasteiger partial charge >= 0.3 is 0 Å². The minimum Gasteiger partial charge on any atom is -0.497 e. The summed E-state index contributed by atoms with van der Waals surface area (Å²) in [5.41, 5.74) is 1.17. The summed E-state index contributed by atoms with van der Waals surface area (Å²) in [7, 11) is 1.64. The Kier molecular flexibility index (Phi) is 3.80. The van der Waals surface area contributed by atoms with E-state index in [9.17, 15) is 4.79 Å². The molecule has 0 radical (unpaired) electrons. The second-order valence-electron chi connectivity index (χ2n) is 7.97. The number of nitrogens with two attached hydrogens (primary N) is 1. The average molecular weight is 315 g/mol. The Morgan fingerprint density at radius 3 is 2.48 bits per heavy atom. The van der Waals surface area contributed by atoms with Gasteiger partial charge in [0.15, 0.2) is 6.54 Å². The lowest BCUT2D eigenvalue weighted by atomic mass is 9.53. The molecule has 1 aromatic rings. The lowest BCUT2D eigenvalue weighted by molar-refractivity contribution is -0.729. The van der Waals surface area contributed by atoms with Gasteiger partial charge in [-0.2, -0.15) is 0 Å². The number of rotatable bonds is 5. The molecule has 4 saturated carbocycles. The summed E-state index contributed by atoms with van der Waals surface area (Å²) < 4.78 is 5.20. The molecule has 4 nitrogen and oxygen atoms in total. The number of carbonyl (C=O) groups excluding carboxylic acids is 1. The number of hydrogen-bond acceptors (Lipinski definition) is 2. The summed E-state index contributed by atoms with van der Waals surface area (Å²) in [5, 5.41) is 5.35. The van der Waals surface area contributed by atoms with Crippen LogP contribution in [-0.4, -0.2) is 25.1 Å². The van der Waals surface area contributed by atoms with Crippen molar-refractivity contribution in [3.8, 4) is 5.75 Å². The normalized spacial score (nSPS) is 34.4. The number of methoxy groups -OCH3 is 1. The highest BCUT2D eigenvalue weighted by Gasteiger charge is 2.53. The van der Waals surface area contributed by atoms with Crippen molar-refractivity contribution in [3.05, 3.63) is 24.3 Å². The third-order valence-electron chi connectivity index (χ3n) is 6.16. The van der Waals surface area contributed by atoms with Gasteiger partial charge in [0.1, 0.15) is 5.75 Å². The van der Waals surface area contributed by atoms with E-state index in [0.29, 0.717) is 12.1 Å². The van der Waals surface area contributed by atoms with E-state index in [1.165, 1.54) is 38.5 Å². The van der Waals surface area contributed by atoms with Crippen LogP contribution in [0.3, 0.4) is 0 Å². The summed E-state index contributed by atoms with van der Waals surface area (Å²) in [6.45, 7) is 0.531. The van der Waals surface area contributed by atoms with Crippen molar-refractivity contribution in [2.45, 2.75) is 44.1 Å². The van der Waals surface area contributed by atoms with Crippen molar-refractivity contribution < 1.29 is 14.8 Å². The first kappa shape index (κ1) is 15.0. The first-order valence-corrected chi connectivity index (χ1v) is 8.92. The summed E-state index contributed by atoms with van der Waals surface area (Å²) in [5.74, 6) is 3.65. The molecule has 4 bridgehead atoms. The molecular formula is C19H27N2O2+. The Balaban J connectivity index is 1.34. The fourth-order valence-corrected chi connectivity index (χ4v) is 5.65. The molecular weight excluding hydrogens is 288 g/mol. The molecule has 0 heterocycles. The van der Waals surface area contributed by atoms with E-state index in [1.807, 2.05) is 24.3 Å². The first-order valence-electron chi connectivity index (χ1n) is 8.92. The molecule has 0 atom stereocenters. The number of benzene rings is 1. The monoisotopic (exact) mass is 315 g/mol. The largest absolute Gasteiger partial charge is 0.497 e. The number of amides is 1. The predicted molar refractivity (Wildman–Crippen MR) is 89.3 cm³/mol. The number of ether oxygens (including phenoxy) is 1. The number of carbonyl (C=O) groups is 1. The van der Waals surface area contributed by atoms with Crippen LogP contribution in [0.4, 0.5) is 5.69 Å². The summed E-state index contributed by atoms with van der Waals surface area (Å²) >= 11 is 0. The van der Waals surface area contributed by atoms with Gasteiger partial charge in [0.05, 0.1) is 12.6 Å². The molecule has 0 spiro atoms. The first-order chi connectivity index (χ1) is 11.1. The number of quaternary nitrogens is 1. The number of anilines is 1. The van der Waals surface area contributed by atoms with Gasteiger partial charge in [0.2, 0.25) is 0 Å². The van der Waals surface area contributed by atoms with E-state index in [0.717, 1.165) is 29.2 Å². The van der Waals surface area contributed by atoms with Crippen molar-refractivity contribution in [1.82, 2.24) is 0 Å². The van der Waals surface area contributed by atoms with Gasteiger partial charge in [-0.15, -0.1) is 0 Å². The van der Waals surface area contributed by atoms with E-state index in [2.05, 4.69) is 10.6 Å². The SMILES string of the molecule is COc1cccc(NC(=O)C[NH2+]C23CC4CC(CC(C4)C2)C3)c1. The van der Waals surface area contributed by atoms with Crippen molar-refractivity contribution >= 4 is 11.6 Å². The standard InChI is InChI=1S/C19H26N2O2/c1-23-17-4-2-3-16(8-17)21-18(22)12-20-19-9-13-5-14(10-19)7-15(6-13)11-19/h2-4,8,13-15,20H,5-7,9-12H2,1H3,(H,21,22)/p+1. The highest BCUT2D eigenvalue weighted by molar-refractivity contribution is 5.91. The van der Waals surface area contributed by atoms with Crippen LogP contribution in [0.1, 0.15) is 38.5 Å². The molecule has 5 rings (SSSR count). The Labute approximate surface area is 138 Å². The summed E-state index contributed by atoms with van der Waals surface area (Å²) in [6.07, 6.45) is 8.32. The topological polar surface area (TPSA) is 54.9 Å². The number of nitrogens with one attached hydrogen (secondary N) is 1. The maximum atomic E-state index is 12.3. The fourth-order valence-electron chi connectivity index (χ4n) is 5.65. The third-order valence-corrected chi connectivity index (χ3v) is 6.16. The van der Waals surface area contributed by atoms with E-state index in [1.54, 1.807) is 7.11 Å². The minimum absolute atomic E-state index is 0.0917. The fraction of sp³-hybridized carbons (Fsp3) is 0.632. The van der Waals surface area contributed by atoms with Gasteiger partial charge in [0.25, 0.3) is 5.91 Å². The molecule has 4 heteroatoms. The van der Waals surface area contributed by atoms with Crippen LogP contribution >= 0.6 is 0 Å². The Hall–Kier alpha value is -1.55. The second kappa shape index (κ2) is 5.82. The van der Waals surface area contributed by atoms with Gasteiger partial charge in [-0.25, -0.2) is 0 Å². The van der Waals surface area contributed by atoms with Crippen LogP contribution < -0.4 is 15.4 Å². The molecule has 4 aliphatic carbocycles. The summed E-state index contributed by atoms with van der Waals surface area (Å²) in [4.78, 5) is 12.3. The van der Waals surface area contributed by atoms with Gasteiger partial charge in [-0.3, -0.25) is 4.79 Å². The smallest absolute Gasteiger partial charge is 0.279 e. The summed E-state index contributed by atoms with van der Waals surface area (Å²) in [6, 6.07) is 7.56. The molecule has 1 amide bonds. The maximum absolute atomic E-state index is 12.3. The van der Waals surface area contributed by atoms with Crippen molar-refractivity contribution in [1.29, 1.82) is 0 Å².